The summed E-state index contributed by atoms with van der Waals surface area (Å²) in [6.07, 6.45) is 7.65. The molecule has 0 amide bonds. The molecule has 1 heteroatoms. The summed E-state index contributed by atoms with van der Waals surface area (Å²) in [5.74, 6) is 0.672. The van der Waals surface area contributed by atoms with Crippen LogP contribution < -0.4 is 5.32 Å². The maximum Gasteiger partial charge on any atom is 0.0320 e. The van der Waals surface area contributed by atoms with Crippen LogP contribution in [0.15, 0.2) is 24.3 Å². The maximum absolute atomic E-state index is 3.71. The van der Waals surface area contributed by atoms with Gasteiger partial charge < -0.3 is 5.32 Å². The number of nitrogens with one attached hydrogen (secondary N) is 1. The van der Waals surface area contributed by atoms with Gasteiger partial charge in [-0.15, -0.1) is 0 Å². The Bertz CT molecular complexity index is 341. The third-order valence-corrected chi connectivity index (χ3v) is 4.26. The van der Waals surface area contributed by atoms with Crippen molar-refractivity contribution < 1.29 is 0 Å². The van der Waals surface area contributed by atoms with Crippen LogP contribution in [0, 0.1) is 0 Å². The average Bonchev–Trinajstić information content (AvgIpc) is 2.50. The number of hydrogen-bond acceptors (Lipinski definition) is 1. The standard InChI is InChI=1S/C19H33N/c1-5-8-9-10-19(20-15-6-2)18-13-11-17(12-14-18)16(4)7-3/h11-14,16,19-20H,5-10,15H2,1-4H3. The minimum atomic E-state index is 0.535. The van der Waals surface area contributed by atoms with E-state index in [4.69, 9.17) is 0 Å². The molecular weight excluding hydrogens is 242 g/mol. The Morgan fingerprint density at radius 3 is 2.10 bits per heavy atom. The SMILES string of the molecule is CCCCCC(NCCC)c1ccc(C(C)CC)cc1. The van der Waals surface area contributed by atoms with E-state index in [-0.39, 0.29) is 0 Å². The molecule has 20 heavy (non-hydrogen) atoms. The Morgan fingerprint density at radius 2 is 1.55 bits per heavy atom. The molecule has 0 radical (unpaired) electrons. The highest BCUT2D eigenvalue weighted by molar-refractivity contribution is 5.27. The Labute approximate surface area is 126 Å². The van der Waals surface area contributed by atoms with E-state index in [9.17, 15) is 0 Å². The Hall–Kier alpha value is -0.820. The second-order valence-electron chi connectivity index (χ2n) is 5.98. The first kappa shape index (κ1) is 17.2. The van der Waals surface area contributed by atoms with Crippen LogP contribution in [0.2, 0.25) is 0 Å². The van der Waals surface area contributed by atoms with Gasteiger partial charge in [0.2, 0.25) is 0 Å². The minimum absolute atomic E-state index is 0.535. The normalized spacial score (nSPS) is 14.2. The summed E-state index contributed by atoms with van der Waals surface area (Å²) in [6, 6.07) is 9.85. The van der Waals surface area contributed by atoms with Crippen molar-refractivity contribution in [2.24, 2.45) is 0 Å². The molecule has 0 saturated carbocycles. The molecule has 1 aromatic carbocycles. The third-order valence-electron chi connectivity index (χ3n) is 4.26. The quantitative estimate of drug-likeness (QED) is 0.530. The molecule has 0 saturated heterocycles. The fraction of sp³-hybridized carbons (Fsp3) is 0.684. The molecule has 2 unspecified atom stereocenters. The summed E-state index contributed by atoms with van der Waals surface area (Å²) in [7, 11) is 0. The zero-order valence-corrected chi connectivity index (χ0v) is 13.9. The van der Waals surface area contributed by atoms with E-state index < -0.39 is 0 Å². The van der Waals surface area contributed by atoms with Gasteiger partial charge in [0.05, 0.1) is 0 Å². The van der Waals surface area contributed by atoms with Gasteiger partial charge in [0.1, 0.15) is 0 Å². The Kier molecular flexibility index (Phi) is 8.60. The summed E-state index contributed by atoms with van der Waals surface area (Å²) >= 11 is 0. The third kappa shape index (κ3) is 5.66. The van der Waals surface area contributed by atoms with Gasteiger partial charge >= 0.3 is 0 Å². The molecule has 0 spiro atoms. The minimum Gasteiger partial charge on any atom is -0.310 e. The molecule has 0 bridgehead atoms. The fourth-order valence-corrected chi connectivity index (χ4v) is 2.60. The topological polar surface area (TPSA) is 12.0 Å². The molecule has 0 aromatic heterocycles. The Balaban J connectivity index is 2.68. The van der Waals surface area contributed by atoms with Gasteiger partial charge in [-0.25, -0.2) is 0 Å². The number of benzene rings is 1. The zero-order chi connectivity index (χ0) is 14.8. The molecule has 1 nitrogen and oxygen atoms in total. The van der Waals surface area contributed by atoms with E-state index in [1.165, 1.54) is 49.7 Å². The van der Waals surface area contributed by atoms with E-state index in [2.05, 4.69) is 57.3 Å². The summed E-state index contributed by atoms with van der Waals surface area (Å²) < 4.78 is 0. The molecule has 0 aliphatic carbocycles. The largest absolute Gasteiger partial charge is 0.310 e. The zero-order valence-electron chi connectivity index (χ0n) is 13.9. The van der Waals surface area contributed by atoms with Crippen molar-refractivity contribution in [2.75, 3.05) is 6.54 Å². The lowest BCUT2D eigenvalue weighted by Gasteiger charge is -2.20. The molecule has 1 aromatic rings. The fourth-order valence-electron chi connectivity index (χ4n) is 2.60. The molecule has 0 aliphatic rings. The van der Waals surface area contributed by atoms with Crippen LogP contribution in [-0.4, -0.2) is 6.54 Å². The predicted molar refractivity (Wildman–Crippen MR) is 90.3 cm³/mol. The molecule has 0 fully saturated rings. The predicted octanol–water partition coefficient (Wildman–Crippen LogP) is 5.82. The van der Waals surface area contributed by atoms with Gasteiger partial charge in [0.15, 0.2) is 0 Å². The van der Waals surface area contributed by atoms with E-state index in [0.717, 1.165) is 6.54 Å². The lowest BCUT2D eigenvalue weighted by atomic mass is 9.94. The van der Waals surface area contributed by atoms with Gasteiger partial charge in [-0.2, -0.15) is 0 Å². The highest BCUT2D eigenvalue weighted by atomic mass is 14.9. The number of hydrogen-bond donors (Lipinski definition) is 1. The number of rotatable bonds is 10. The first-order chi connectivity index (χ1) is 9.72. The molecule has 0 aliphatic heterocycles. The van der Waals surface area contributed by atoms with Crippen molar-refractivity contribution in [1.29, 1.82) is 0 Å². The lowest BCUT2D eigenvalue weighted by Crippen LogP contribution is -2.22. The highest BCUT2D eigenvalue weighted by Gasteiger charge is 2.11. The van der Waals surface area contributed by atoms with Gasteiger partial charge in [-0.1, -0.05) is 71.2 Å². The van der Waals surface area contributed by atoms with Crippen LogP contribution in [-0.2, 0) is 0 Å². The van der Waals surface area contributed by atoms with Crippen LogP contribution in [0.25, 0.3) is 0 Å². The first-order valence-electron chi connectivity index (χ1n) is 8.56. The summed E-state index contributed by atoms with van der Waals surface area (Å²) in [6.45, 7) is 10.2. The lowest BCUT2D eigenvalue weighted by molar-refractivity contribution is 0.474. The maximum atomic E-state index is 3.71. The van der Waals surface area contributed by atoms with Crippen molar-refractivity contribution in [3.05, 3.63) is 35.4 Å². The Morgan fingerprint density at radius 1 is 0.900 bits per heavy atom. The van der Waals surface area contributed by atoms with Gasteiger partial charge in [-0.05, 0) is 42.9 Å². The van der Waals surface area contributed by atoms with E-state index in [1.807, 2.05) is 0 Å². The first-order valence-corrected chi connectivity index (χ1v) is 8.56. The molecule has 2 atom stereocenters. The van der Waals surface area contributed by atoms with Crippen molar-refractivity contribution in [3.8, 4) is 0 Å². The monoisotopic (exact) mass is 275 g/mol. The van der Waals surface area contributed by atoms with Crippen LogP contribution >= 0.6 is 0 Å². The van der Waals surface area contributed by atoms with Crippen molar-refractivity contribution >= 4 is 0 Å². The smallest absolute Gasteiger partial charge is 0.0320 e. The van der Waals surface area contributed by atoms with Crippen LogP contribution in [0.3, 0.4) is 0 Å². The molecule has 114 valence electrons. The second-order valence-corrected chi connectivity index (χ2v) is 5.98. The van der Waals surface area contributed by atoms with Gasteiger partial charge in [-0.3, -0.25) is 0 Å². The van der Waals surface area contributed by atoms with Crippen LogP contribution in [0.1, 0.15) is 89.3 Å². The average molecular weight is 275 g/mol. The van der Waals surface area contributed by atoms with Gasteiger partial charge in [0.25, 0.3) is 0 Å². The molecular formula is C19H33N. The number of unbranched alkanes of at least 4 members (excludes halogenated alkanes) is 2. The molecule has 0 heterocycles. The summed E-state index contributed by atoms with van der Waals surface area (Å²) in [4.78, 5) is 0. The highest BCUT2D eigenvalue weighted by Crippen LogP contribution is 2.24. The molecule has 1 rings (SSSR count). The van der Waals surface area contributed by atoms with Crippen molar-refractivity contribution in [2.45, 2.75) is 78.2 Å². The van der Waals surface area contributed by atoms with E-state index >= 15 is 0 Å². The molecule has 1 N–H and O–H groups in total. The summed E-state index contributed by atoms with van der Waals surface area (Å²) in [5, 5.41) is 3.71. The summed E-state index contributed by atoms with van der Waals surface area (Å²) in [5.41, 5.74) is 2.93. The van der Waals surface area contributed by atoms with Crippen LogP contribution in [0.4, 0.5) is 0 Å². The van der Waals surface area contributed by atoms with E-state index in [1.54, 1.807) is 0 Å². The van der Waals surface area contributed by atoms with Gasteiger partial charge in [0, 0.05) is 6.04 Å². The van der Waals surface area contributed by atoms with Crippen molar-refractivity contribution in [3.63, 3.8) is 0 Å². The van der Waals surface area contributed by atoms with Crippen LogP contribution in [0.5, 0.6) is 0 Å². The van der Waals surface area contributed by atoms with Crippen molar-refractivity contribution in [1.82, 2.24) is 5.32 Å². The van der Waals surface area contributed by atoms with E-state index in [0.29, 0.717) is 12.0 Å². The second kappa shape index (κ2) is 9.99.